The lowest BCUT2D eigenvalue weighted by atomic mass is 9.93. The normalized spacial score (nSPS) is 11.7. The first kappa shape index (κ1) is 14.2. The van der Waals surface area contributed by atoms with Gasteiger partial charge in [0.15, 0.2) is 0 Å². The third-order valence-electron chi connectivity index (χ3n) is 3.64. The minimum atomic E-state index is -0.0727. The fraction of sp³-hybridized carbons (Fsp3) is 0.600. The Morgan fingerprint density at radius 3 is 2.29 bits per heavy atom. The maximum Gasteiger partial charge on any atom is 0.0613 e. The lowest BCUT2D eigenvalue weighted by Crippen LogP contribution is -2.47. The smallest absolute Gasteiger partial charge is 0.0613 e. The minimum Gasteiger partial charge on any atom is -0.394 e. The molecule has 0 unspecified atom stereocenters. The van der Waals surface area contributed by atoms with Crippen LogP contribution >= 0.6 is 0 Å². The van der Waals surface area contributed by atoms with E-state index in [-0.39, 0.29) is 12.1 Å². The van der Waals surface area contributed by atoms with Crippen molar-refractivity contribution in [1.29, 1.82) is 0 Å². The van der Waals surface area contributed by atoms with Crippen molar-refractivity contribution >= 4 is 0 Å². The summed E-state index contributed by atoms with van der Waals surface area (Å²) >= 11 is 0. The van der Waals surface area contributed by atoms with Crippen LogP contribution in [0, 0.1) is 0 Å². The van der Waals surface area contributed by atoms with E-state index in [9.17, 15) is 5.11 Å². The molecule has 0 heterocycles. The van der Waals surface area contributed by atoms with Crippen LogP contribution in [0.5, 0.6) is 0 Å². The van der Waals surface area contributed by atoms with Gasteiger partial charge in [0.2, 0.25) is 0 Å². The molecule has 0 saturated carbocycles. The van der Waals surface area contributed by atoms with Crippen LogP contribution in [0.4, 0.5) is 0 Å². The second-order valence-corrected chi connectivity index (χ2v) is 4.66. The Bertz CT molecular complexity index is 285. The summed E-state index contributed by atoms with van der Waals surface area (Å²) in [7, 11) is 0. The van der Waals surface area contributed by atoms with Crippen molar-refractivity contribution in [2.24, 2.45) is 0 Å². The molecule has 0 aliphatic heterocycles. The van der Waals surface area contributed by atoms with Crippen LogP contribution in [-0.2, 0) is 6.42 Å². The molecule has 0 aliphatic carbocycles. The van der Waals surface area contributed by atoms with E-state index >= 15 is 0 Å². The minimum absolute atomic E-state index is 0.0727. The molecule has 0 radical (unpaired) electrons. The van der Waals surface area contributed by atoms with Crippen molar-refractivity contribution in [2.75, 3.05) is 13.2 Å². The highest BCUT2D eigenvalue weighted by atomic mass is 16.3. The Hall–Kier alpha value is -0.860. The highest BCUT2D eigenvalue weighted by Gasteiger charge is 2.23. The molecule has 2 heteroatoms. The van der Waals surface area contributed by atoms with E-state index < -0.39 is 0 Å². The molecule has 2 nitrogen and oxygen atoms in total. The molecule has 0 spiro atoms. The Morgan fingerprint density at radius 2 is 1.76 bits per heavy atom. The summed E-state index contributed by atoms with van der Waals surface area (Å²) < 4.78 is 0. The number of hydrogen-bond donors (Lipinski definition) is 2. The predicted octanol–water partition coefficient (Wildman–Crippen LogP) is 2.76. The molecule has 1 aromatic rings. The number of aliphatic hydroxyl groups is 1. The van der Waals surface area contributed by atoms with Gasteiger partial charge in [0.05, 0.1) is 6.61 Å². The first-order valence-electron chi connectivity index (χ1n) is 6.66. The van der Waals surface area contributed by atoms with Gasteiger partial charge >= 0.3 is 0 Å². The van der Waals surface area contributed by atoms with Gasteiger partial charge in [-0.2, -0.15) is 0 Å². The monoisotopic (exact) mass is 235 g/mol. The number of nitrogens with one attached hydrogen (secondary N) is 1. The van der Waals surface area contributed by atoms with Gasteiger partial charge in [-0.05, 0) is 37.8 Å². The summed E-state index contributed by atoms with van der Waals surface area (Å²) in [5.41, 5.74) is 1.31. The van der Waals surface area contributed by atoms with E-state index in [1.807, 2.05) is 6.07 Å². The van der Waals surface area contributed by atoms with Gasteiger partial charge in [-0.25, -0.2) is 0 Å². The summed E-state index contributed by atoms with van der Waals surface area (Å²) in [6.07, 6.45) is 4.17. The van der Waals surface area contributed by atoms with Crippen molar-refractivity contribution in [3.05, 3.63) is 35.9 Å². The summed E-state index contributed by atoms with van der Waals surface area (Å²) in [6.45, 7) is 5.45. The topological polar surface area (TPSA) is 32.3 Å². The first-order chi connectivity index (χ1) is 8.26. The van der Waals surface area contributed by atoms with Crippen molar-refractivity contribution in [1.82, 2.24) is 5.32 Å². The van der Waals surface area contributed by atoms with Crippen LogP contribution in [0.25, 0.3) is 0 Å². The van der Waals surface area contributed by atoms with E-state index in [1.165, 1.54) is 5.56 Å². The van der Waals surface area contributed by atoms with Gasteiger partial charge in [0, 0.05) is 5.54 Å². The van der Waals surface area contributed by atoms with Crippen LogP contribution in [0.2, 0.25) is 0 Å². The van der Waals surface area contributed by atoms with Crippen molar-refractivity contribution < 1.29 is 5.11 Å². The van der Waals surface area contributed by atoms with E-state index in [2.05, 4.69) is 43.4 Å². The average molecular weight is 235 g/mol. The second-order valence-electron chi connectivity index (χ2n) is 4.66. The zero-order chi connectivity index (χ0) is 12.6. The zero-order valence-electron chi connectivity index (χ0n) is 11.1. The van der Waals surface area contributed by atoms with Crippen LogP contribution < -0.4 is 5.32 Å². The molecule has 0 aromatic heterocycles. The SMILES string of the molecule is CCC(CC)(CO)NCCCc1ccccc1. The summed E-state index contributed by atoms with van der Waals surface area (Å²) in [4.78, 5) is 0. The van der Waals surface area contributed by atoms with Gasteiger partial charge in [-0.3, -0.25) is 0 Å². The standard InChI is InChI=1S/C15H25NO/c1-3-15(4-2,13-17)16-12-8-11-14-9-6-5-7-10-14/h5-7,9-10,16-17H,3-4,8,11-13H2,1-2H3. The average Bonchev–Trinajstić information content (AvgIpc) is 2.41. The number of rotatable bonds is 8. The number of aliphatic hydroxyl groups excluding tert-OH is 1. The van der Waals surface area contributed by atoms with Gasteiger partial charge < -0.3 is 10.4 Å². The maximum atomic E-state index is 9.43. The quantitative estimate of drug-likeness (QED) is 0.679. The number of aryl methyl sites for hydroxylation is 1. The molecular formula is C15H25NO. The number of hydrogen-bond acceptors (Lipinski definition) is 2. The molecular weight excluding hydrogens is 210 g/mol. The summed E-state index contributed by atoms with van der Waals surface area (Å²) in [6, 6.07) is 10.5. The molecule has 2 N–H and O–H groups in total. The van der Waals surface area contributed by atoms with Gasteiger partial charge in [0.25, 0.3) is 0 Å². The second kappa shape index (κ2) is 7.46. The zero-order valence-corrected chi connectivity index (χ0v) is 11.1. The molecule has 0 amide bonds. The largest absolute Gasteiger partial charge is 0.394 e. The highest BCUT2D eigenvalue weighted by molar-refractivity contribution is 5.14. The third-order valence-corrected chi connectivity index (χ3v) is 3.64. The predicted molar refractivity (Wildman–Crippen MR) is 73.2 cm³/mol. The Kier molecular flexibility index (Phi) is 6.23. The van der Waals surface area contributed by atoms with Crippen LogP contribution in [0.3, 0.4) is 0 Å². The molecule has 0 fully saturated rings. The van der Waals surface area contributed by atoms with E-state index in [4.69, 9.17) is 0 Å². The Morgan fingerprint density at radius 1 is 1.12 bits per heavy atom. The highest BCUT2D eigenvalue weighted by Crippen LogP contribution is 2.14. The lowest BCUT2D eigenvalue weighted by Gasteiger charge is -2.31. The summed E-state index contributed by atoms with van der Waals surface area (Å²) in [5, 5.41) is 12.9. The van der Waals surface area contributed by atoms with Crippen LogP contribution in [0.1, 0.15) is 38.7 Å². The molecule has 96 valence electrons. The number of benzene rings is 1. The summed E-state index contributed by atoms with van der Waals surface area (Å²) in [5.74, 6) is 0. The molecule has 0 atom stereocenters. The van der Waals surface area contributed by atoms with Gasteiger partial charge in [0.1, 0.15) is 0 Å². The van der Waals surface area contributed by atoms with Gasteiger partial charge in [-0.1, -0.05) is 44.2 Å². The first-order valence-corrected chi connectivity index (χ1v) is 6.66. The maximum absolute atomic E-state index is 9.43. The van der Waals surface area contributed by atoms with Crippen molar-refractivity contribution in [2.45, 2.75) is 45.1 Å². The molecule has 1 rings (SSSR count). The molecule has 1 aromatic carbocycles. The Labute approximate surface area is 105 Å². The van der Waals surface area contributed by atoms with Crippen molar-refractivity contribution in [3.63, 3.8) is 0 Å². The van der Waals surface area contributed by atoms with Crippen molar-refractivity contribution in [3.8, 4) is 0 Å². The fourth-order valence-electron chi connectivity index (χ4n) is 2.07. The third kappa shape index (κ3) is 4.49. The Balaban J connectivity index is 2.28. The van der Waals surface area contributed by atoms with E-state index in [0.717, 1.165) is 32.2 Å². The molecule has 0 saturated heterocycles. The van der Waals surface area contributed by atoms with Crippen LogP contribution in [0.15, 0.2) is 30.3 Å². The molecule has 17 heavy (non-hydrogen) atoms. The van der Waals surface area contributed by atoms with Crippen LogP contribution in [-0.4, -0.2) is 23.8 Å². The van der Waals surface area contributed by atoms with Gasteiger partial charge in [-0.15, -0.1) is 0 Å². The van der Waals surface area contributed by atoms with E-state index in [0.29, 0.717) is 0 Å². The lowest BCUT2D eigenvalue weighted by molar-refractivity contribution is 0.151. The molecule has 0 aliphatic rings. The fourth-order valence-corrected chi connectivity index (χ4v) is 2.07. The molecule has 0 bridgehead atoms. The van der Waals surface area contributed by atoms with E-state index in [1.54, 1.807) is 0 Å².